The molecule has 0 aromatic heterocycles. The van der Waals surface area contributed by atoms with Gasteiger partial charge in [-0.3, -0.25) is 4.79 Å². The van der Waals surface area contributed by atoms with E-state index in [1.54, 1.807) is 6.07 Å². The lowest BCUT2D eigenvalue weighted by molar-refractivity contribution is -0.142. The van der Waals surface area contributed by atoms with Crippen molar-refractivity contribution in [2.75, 3.05) is 26.1 Å². The Morgan fingerprint density at radius 1 is 0.967 bits per heavy atom. The number of carbonyl (C=O) groups excluding carboxylic acids is 4. The number of nitrogens with one attached hydrogen (secondary N) is 1. The fraction of sp³-hybridized carbons (Fsp3) is 0.143. The Kier molecular flexibility index (Phi) is 7.81. The summed E-state index contributed by atoms with van der Waals surface area (Å²) in [4.78, 5) is 47.3. The SMILES string of the molecule is COC(=O)c1cc(NC(=O)COC(=O)/C=C/c2cccc(F)c2)cc(C(=O)OC)c1. The lowest BCUT2D eigenvalue weighted by Crippen LogP contribution is -2.20. The van der Waals surface area contributed by atoms with Gasteiger partial charge in [-0.25, -0.2) is 18.8 Å². The smallest absolute Gasteiger partial charge is 0.337 e. The summed E-state index contributed by atoms with van der Waals surface area (Å²) in [5.41, 5.74) is 0.595. The molecule has 0 spiro atoms. The second kappa shape index (κ2) is 10.5. The van der Waals surface area contributed by atoms with Gasteiger partial charge in [0, 0.05) is 11.8 Å². The van der Waals surface area contributed by atoms with Crippen LogP contribution in [0, 0.1) is 5.82 Å². The van der Waals surface area contributed by atoms with Crippen molar-refractivity contribution in [3.63, 3.8) is 0 Å². The van der Waals surface area contributed by atoms with Crippen molar-refractivity contribution < 1.29 is 37.8 Å². The van der Waals surface area contributed by atoms with E-state index >= 15 is 0 Å². The van der Waals surface area contributed by atoms with Gasteiger partial charge in [-0.1, -0.05) is 12.1 Å². The highest BCUT2D eigenvalue weighted by atomic mass is 19.1. The maximum absolute atomic E-state index is 13.1. The summed E-state index contributed by atoms with van der Waals surface area (Å²) in [7, 11) is 2.34. The molecule has 30 heavy (non-hydrogen) atoms. The summed E-state index contributed by atoms with van der Waals surface area (Å²) >= 11 is 0. The standard InChI is InChI=1S/C21H18FNO7/c1-28-20(26)14-9-15(21(27)29-2)11-17(10-14)23-18(24)12-30-19(25)7-6-13-4-3-5-16(22)8-13/h3-11H,12H2,1-2H3,(H,23,24)/b7-6+. The average molecular weight is 415 g/mol. The van der Waals surface area contributed by atoms with Crippen LogP contribution >= 0.6 is 0 Å². The van der Waals surface area contributed by atoms with Crippen molar-refractivity contribution in [1.82, 2.24) is 0 Å². The highest BCUT2D eigenvalue weighted by molar-refractivity contribution is 6.00. The van der Waals surface area contributed by atoms with Crippen molar-refractivity contribution in [2.45, 2.75) is 0 Å². The van der Waals surface area contributed by atoms with Crippen LogP contribution in [-0.4, -0.2) is 44.6 Å². The van der Waals surface area contributed by atoms with Crippen LogP contribution in [0.25, 0.3) is 6.08 Å². The van der Waals surface area contributed by atoms with Crippen LogP contribution in [0.15, 0.2) is 48.5 Å². The molecule has 0 atom stereocenters. The number of carbonyl (C=O) groups is 4. The van der Waals surface area contributed by atoms with Crippen molar-refractivity contribution in [3.8, 4) is 0 Å². The molecule has 1 N–H and O–H groups in total. The zero-order valence-corrected chi connectivity index (χ0v) is 16.1. The van der Waals surface area contributed by atoms with Crippen LogP contribution < -0.4 is 5.32 Å². The van der Waals surface area contributed by atoms with Crippen LogP contribution in [0.2, 0.25) is 0 Å². The van der Waals surface area contributed by atoms with Gasteiger partial charge in [0.2, 0.25) is 0 Å². The number of hydrogen-bond donors (Lipinski definition) is 1. The minimum atomic E-state index is -0.812. The molecule has 8 nitrogen and oxygen atoms in total. The third-order valence-electron chi connectivity index (χ3n) is 3.67. The van der Waals surface area contributed by atoms with Gasteiger partial charge in [-0.15, -0.1) is 0 Å². The summed E-state index contributed by atoms with van der Waals surface area (Å²) in [6, 6.07) is 9.41. The second-order valence-electron chi connectivity index (χ2n) is 5.83. The summed E-state index contributed by atoms with van der Waals surface area (Å²) in [6.45, 7) is -0.623. The predicted octanol–water partition coefficient (Wildman–Crippen LogP) is 2.59. The number of hydrogen-bond acceptors (Lipinski definition) is 7. The molecular weight excluding hydrogens is 397 g/mol. The number of benzene rings is 2. The molecule has 0 unspecified atom stereocenters. The van der Waals surface area contributed by atoms with E-state index in [-0.39, 0.29) is 16.8 Å². The van der Waals surface area contributed by atoms with Gasteiger partial charge in [0.15, 0.2) is 6.61 Å². The number of anilines is 1. The van der Waals surface area contributed by atoms with E-state index in [9.17, 15) is 23.6 Å². The lowest BCUT2D eigenvalue weighted by Gasteiger charge is -2.09. The maximum Gasteiger partial charge on any atom is 0.337 e. The predicted molar refractivity (Wildman–Crippen MR) is 104 cm³/mol. The molecular formula is C21H18FNO7. The summed E-state index contributed by atoms with van der Waals surface area (Å²) in [6.07, 6.45) is 2.39. The van der Waals surface area contributed by atoms with Crippen LogP contribution in [0.3, 0.4) is 0 Å². The normalized spacial score (nSPS) is 10.4. The second-order valence-corrected chi connectivity index (χ2v) is 5.83. The molecule has 0 aliphatic rings. The molecule has 0 aliphatic carbocycles. The molecule has 0 saturated carbocycles. The molecule has 0 heterocycles. The topological polar surface area (TPSA) is 108 Å². The van der Waals surface area contributed by atoms with E-state index in [0.717, 1.165) is 6.08 Å². The first-order chi connectivity index (χ1) is 14.3. The van der Waals surface area contributed by atoms with Gasteiger partial charge in [0.1, 0.15) is 5.82 Å². The van der Waals surface area contributed by atoms with Crippen LogP contribution in [0.4, 0.5) is 10.1 Å². The Hall–Kier alpha value is -4.01. The Morgan fingerprint density at radius 3 is 2.17 bits per heavy atom. The van der Waals surface area contributed by atoms with Crippen molar-refractivity contribution in [2.24, 2.45) is 0 Å². The zero-order valence-electron chi connectivity index (χ0n) is 16.1. The number of halogens is 1. The van der Waals surface area contributed by atoms with E-state index in [1.807, 2.05) is 0 Å². The first-order valence-corrected chi connectivity index (χ1v) is 8.54. The van der Waals surface area contributed by atoms with Crippen molar-refractivity contribution in [3.05, 3.63) is 71.0 Å². The summed E-state index contributed by atoms with van der Waals surface area (Å²) in [5, 5.41) is 2.41. The quantitative estimate of drug-likeness (QED) is 0.421. The molecule has 2 rings (SSSR count). The fourth-order valence-corrected chi connectivity index (χ4v) is 2.33. The van der Waals surface area contributed by atoms with Gasteiger partial charge in [0.25, 0.3) is 5.91 Å². The average Bonchev–Trinajstić information content (AvgIpc) is 2.74. The van der Waals surface area contributed by atoms with E-state index < -0.39 is 36.2 Å². The Labute approximate surface area is 171 Å². The molecule has 2 aromatic rings. The van der Waals surface area contributed by atoms with Crippen LogP contribution in [0.5, 0.6) is 0 Å². The first kappa shape index (κ1) is 22.3. The highest BCUT2D eigenvalue weighted by Gasteiger charge is 2.15. The molecule has 0 radical (unpaired) electrons. The number of amides is 1. The molecule has 0 fully saturated rings. The van der Waals surface area contributed by atoms with Gasteiger partial charge < -0.3 is 19.5 Å². The third-order valence-corrected chi connectivity index (χ3v) is 3.67. The molecule has 1 amide bonds. The largest absolute Gasteiger partial charge is 0.465 e. The number of methoxy groups -OCH3 is 2. The Balaban J connectivity index is 2.00. The molecule has 0 saturated heterocycles. The maximum atomic E-state index is 13.1. The minimum Gasteiger partial charge on any atom is -0.465 e. The number of ether oxygens (including phenoxy) is 3. The van der Waals surface area contributed by atoms with Crippen molar-refractivity contribution >= 4 is 35.6 Å². The molecule has 9 heteroatoms. The van der Waals surface area contributed by atoms with E-state index in [4.69, 9.17) is 4.74 Å². The van der Waals surface area contributed by atoms with Crippen LogP contribution in [0.1, 0.15) is 26.3 Å². The minimum absolute atomic E-state index is 0.0192. The van der Waals surface area contributed by atoms with Gasteiger partial charge in [-0.05, 0) is 42.0 Å². The summed E-state index contributed by atoms with van der Waals surface area (Å²) < 4.78 is 27.1. The number of esters is 3. The monoisotopic (exact) mass is 415 g/mol. The Morgan fingerprint density at radius 2 is 1.60 bits per heavy atom. The summed E-state index contributed by atoms with van der Waals surface area (Å²) in [5.74, 6) is -3.41. The fourth-order valence-electron chi connectivity index (χ4n) is 2.33. The van der Waals surface area contributed by atoms with E-state index in [1.165, 1.54) is 56.7 Å². The first-order valence-electron chi connectivity index (χ1n) is 8.54. The van der Waals surface area contributed by atoms with E-state index in [2.05, 4.69) is 14.8 Å². The van der Waals surface area contributed by atoms with Gasteiger partial charge in [-0.2, -0.15) is 0 Å². The lowest BCUT2D eigenvalue weighted by atomic mass is 10.1. The highest BCUT2D eigenvalue weighted by Crippen LogP contribution is 2.17. The van der Waals surface area contributed by atoms with E-state index in [0.29, 0.717) is 5.56 Å². The third kappa shape index (κ3) is 6.55. The Bertz CT molecular complexity index is 966. The van der Waals surface area contributed by atoms with Crippen LogP contribution in [-0.2, 0) is 23.8 Å². The molecule has 2 aromatic carbocycles. The molecule has 0 bridgehead atoms. The van der Waals surface area contributed by atoms with Gasteiger partial charge in [0.05, 0.1) is 25.3 Å². The number of rotatable bonds is 7. The van der Waals surface area contributed by atoms with Gasteiger partial charge >= 0.3 is 17.9 Å². The molecule has 0 aliphatic heterocycles. The van der Waals surface area contributed by atoms with Crippen molar-refractivity contribution in [1.29, 1.82) is 0 Å². The zero-order chi connectivity index (χ0) is 22.1. The molecule has 156 valence electrons.